The molecule has 0 aromatic heterocycles. The Bertz CT molecular complexity index is 1280. The van der Waals surface area contributed by atoms with Gasteiger partial charge < -0.3 is 5.32 Å². The second kappa shape index (κ2) is 7.94. The van der Waals surface area contributed by atoms with Gasteiger partial charge in [-0.2, -0.15) is 0 Å². The molecular formula is C29H26N2O3. The van der Waals surface area contributed by atoms with Crippen molar-refractivity contribution in [1.82, 2.24) is 0 Å². The molecule has 170 valence electrons. The number of nitrogens with one attached hydrogen (secondary N) is 1. The zero-order chi connectivity index (χ0) is 23.4. The maximum Gasteiger partial charge on any atom is 0.255 e. The van der Waals surface area contributed by atoms with E-state index in [1.807, 2.05) is 37.3 Å². The van der Waals surface area contributed by atoms with Gasteiger partial charge >= 0.3 is 0 Å². The van der Waals surface area contributed by atoms with Gasteiger partial charge in [-0.05, 0) is 73.4 Å². The van der Waals surface area contributed by atoms with Gasteiger partial charge in [0.15, 0.2) is 0 Å². The summed E-state index contributed by atoms with van der Waals surface area (Å²) < 4.78 is 0. The molecule has 3 aromatic rings. The molecule has 0 spiro atoms. The summed E-state index contributed by atoms with van der Waals surface area (Å²) in [5.74, 6) is -0.0674. The fourth-order valence-electron chi connectivity index (χ4n) is 6.43. The minimum Gasteiger partial charge on any atom is -0.322 e. The van der Waals surface area contributed by atoms with E-state index in [4.69, 9.17) is 0 Å². The largest absolute Gasteiger partial charge is 0.322 e. The standard InChI is InChI=1S/C29H26N2O3/c1-17-10-12-19(13-11-17)27(32)30-21-8-5-9-22(16-21)31-28(33)25-20-14-23(18-6-3-2-4-7-18)24(15-20)26(25)29(31)34/h2-13,16,20,23-26H,14-15H2,1H3,(H,30,32)/t20-,23+,24+,25+,26-/m0/s1. The number of benzene rings is 3. The zero-order valence-electron chi connectivity index (χ0n) is 19.0. The normalized spacial score (nSPS) is 27.2. The van der Waals surface area contributed by atoms with Crippen LogP contribution in [0.3, 0.4) is 0 Å². The molecule has 3 aromatic carbocycles. The molecule has 1 saturated heterocycles. The van der Waals surface area contributed by atoms with E-state index in [0.29, 0.717) is 22.9 Å². The first-order chi connectivity index (χ1) is 16.5. The lowest BCUT2D eigenvalue weighted by Gasteiger charge is -2.28. The topological polar surface area (TPSA) is 66.5 Å². The number of aryl methyl sites for hydroxylation is 1. The molecular weight excluding hydrogens is 424 g/mol. The van der Waals surface area contributed by atoms with Gasteiger partial charge in [-0.1, -0.05) is 54.1 Å². The fourth-order valence-corrected chi connectivity index (χ4v) is 6.43. The highest BCUT2D eigenvalue weighted by molar-refractivity contribution is 6.23. The molecule has 2 saturated carbocycles. The third-order valence-corrected chi connectivity index (χ3v) is 7.92. The van der Waals surface area contributed by atoms with Crippen LogP contribution in [0.15, 0.2) is 78.9 Å². The number of imide groups is 1. The number of carbonyl (C=O) groups is 3. The number of hydrogen-bond donors (Lipinski definition) is 1. The molecule has 3 fully saturated rings. The van der Waals surface area contributed by atoms with Crippen molar-refractivity contribution >= 4 is 29.1 Å². The second-order valence-electron chi connectivity index (χ2n) is 9.85. The lowest BCUT2D eigenvalue weighted by Crippen LogP contribution is -2.33. The van der Waals surface area contributed by atoms with Crippen molar-refractivity contribution in [3.05, 3.63) is 95.6 Å². The molecule has 1 N–H and O–H groups in total. The van der Waals surface area contributed by atoms with E-state index in [1.54, 1.807) is 36.4 Å². The molecule has 3 amide bonds. The Hall–Kier alpha value is -3.73. The lowest BCUT2D eigenvalue weighted by atomic mass is 9.73. The van der Waals surface area contributed by atoms with E-state index in [1.165, 1.54) is 10.5 Å². The third kappa shape index (κ3) is 3.26. The van der Waals surface area contributed by atoms with Gasteiger partial charge in [0.1, 0.15) is 0 Å². The van der Waals surface area contributed by atoms with Crippen molar-refractivity contribution < 1.29 is 14.4 Å². The first kappa shape index (κ1) is 20.8. The number of hydrogen-bond acceptors (Lipinski definition) is 3. The van der Waals surface area contributed by atoms with E-state index in [0.717, 1.165) is 18.4 Å². The van der Waals surface area contributed by atoms with Crippen LogP contribution in [-0.2, 0) is 9.59 Å². The predicted molar refractivity (Wildman–Crippen MR) is 130 cm³/mol. The van der Waals surface area contributed by atoms with Crippen molar-refractivity contribution in [2.45, 2.75) is 25.7 Å². The van der Waals surface area contributed by atoms with Gasteiger partial charge in [-0.15, -0.1) is 0 Å². The van der Waals surface area contributed by atoms with Crippen LogP contribution in [0.25, 0.3) is 0 Å². The van der Waals surface area contributed by atoms with Crippen molar-refractivity contribution in [1.29, 1.82) is 0 Å². The Morgan fingerprint density at radius 3 is 2.35 bits per heavy atom. The maximum atomic E-state index is 13.6. The lowest BCUT2D eigenvalue weighted by molar-refractivity contribution is -0.123. The Labute approximate surface area is 198 Å². The molecule has 6 rings (SSSR count). The van der Waals surface area contributed by atoms with E-state index in [9.17, 15) is 14.4 Å². The van der Waals surface area contributed by atoms with Crippen LogP contribution < -0.4 is 10.2 Å². The van der Waals surface area contributed by atoms with Crippen LogP contribution in [0.1, 0.15) is 40.2 Å². The number of rotatable bonds is 4. The molecule has 2 aliphatic carbocycles. The van der Waals surface area contributed by atoms with Gasteiger partial charge in [0.25, 0.3) is 5.91 Å². The first-order valence-electron chi connectivity index (χ1n) is 11.9. The average Bonchev–Trinajstić information content (AvgIpc) is 3.51. The predicted octanol–water partition coefficient (Wildman–Crippen LogP) is 5.18. The van der Waals surface area contributed by atoms with Crippen LogP contribution in [0, 0.1) is 30.6 Å². The summed E-state index contributed by atoms with van der Waals surface area (Å²) in [6.45, 7) is 1.97. The highest BCUT2D eigenvalue weighted by Crippen LogP contribution is 2.61. The molecule has 2 bridgehead atoms. The SMILES string of the molecule is Cc1ccc(C(=O)Nc2cccc(N3C(=O)[C@@H]4[C@@H]5C[C@@H]([C@@H]4C3=O)[C@@H](c3ccccc3)C5)c2)cc1. The van der Waals surface area contributed by atoms with E-state index >= 15 is 0 Å². The maximum absolute atomic E-state index is 13.6. The summed E-state index contributed by atoms with van der Waals surface area (Å²) in [5, 5.41) is 2.89. The summed E-state index contributed by atoms with van der Waals surface area (Å²) in [5.41, 5.74) is 4.00. The molecule has 1 aliphatic heterocycles. The second-order valence-corrected chi connectivity index (χ2v) is 9.85. The van der Waals surface area contributed by atoms with Crippen LogP contribution >= 0.6 is 0 Å². The number of nitrogens with zero attached hydrogens (tertiary/aromatic N) is 1. The van der Waals surface area contributed by atoms with Gasteiger partial charge in [0.05, 0.1) is 17.5 Å². The number of anilines is 2. The summed E-state index contributed by atoms with van der Waals surface area (Å²) in [6, 6.07) is 24.8. The summed E-state index contributed by atoms with van der Waals surface area (Å²) >= 11 is 0. The van der Waals surface area contributed by atoms with Crippen molar-refractivity contribution in [3.8, 4) is 0 Å². The Morgan fingerprint density at radius 1 is 0.853 bits per heavy atom. The van der Waals surface area contributed by atoms with Gasteiger partial charge in [0, 0.05) is 11.3 Å². The Balaban J connectivity index is 1.24. The van der Waals surface area contributed by atoms with Gasteiger partial charge in [0.2, 0.25) is 11.8 Å². The molecule has 0 unspecified atom stereocenters. The van der Waals surface area contributed by atoms with Crippen molar-refractivity contribution in [2.75, 3.05) is 10.2 Å². The van der Waals surface area contributed by atoms with E-state index in [-0.39, 0.29) is 41.4 Å². The highest BCUT2D eigenvalue weighted by Gasteiger charge is 2.64. The highest BCUT2D eigenvalue weighted by atomic mass is 16.2. The zero-order valence-corrected chi connectivity index (χ0v) is 19.0. The molecule has 1 heterocycles. The Morgan fingerprint density at radius 2 is 1.59 bits per heavy atom. The molecule has 3 aliphatic rings. The van der Waals surface area contributed by atoms with E-state index in [2.05, 4.69) is 17.4 Å². The molecule has 0 radical (unpaired) electrons. The monoisotopic (exact) mass is 450 g/mol. The van der Waals surface area contributed by atoms with Crippen LogP contribution in [0.2, 0.25) is 0 Å². The van der Waals surface area contributed by atoms with Crippen LogP contribution in [-0.4, -0.2) is 17.7 Å². The number of carbonyl (C=O) groups excluding carboxylic acids is 3. The van der Waals surface area contributed by atoms with E-state index < -0.39 is 0 Å². The van der Waals surface area contributed by atoms with Crippen molar-refractivity contribution in [3.63, 3.8) is 0 Å². The third-order valence-electron chi connectivity index (χ3n) is 7.92. The summed E-state index contributed by atoms with van der Waals surface area (Å²) in [6.07, 6.45) is 1.92. The van der Waals surface area contributed by atoms with Crippen LogP contribution in [0.4, 0.5) is 11.4 Å². The fraction of sp³-hybridized carbons (Fsp3) is 0.276. The Kier molecular flexibility index (Phi) is 4.87. The average molecular weight is 451 g/mol. The molecule has 5 heteroatoms. The molecule has 34 heavy (non-hydrogen) atoms. The first-order valence-corrected chi connectivity index (χ1v) is 11.9. The van der Waals surface area contributed by atoms with Crippen molar-refractivity contribution in [2.24, 2.45) is 23.7 Å². The minimum atomic E-state index is -0.248. The molecule has 5 nitrogen and oxygen atoms in total. The summed E-state index contributed by atoms with van der Waals surface area (Å²) in [7, 11) is 0. The minimum absolute atomic E-state index is 0.0870. The molecule has 5 atom stereocenters. The van der Waals surface area contributed by atoms with Gasteiger partial charge in [-0.3, -0.25) is 14.4 Å². The number of amides is 3. The summed E-state index contributed by atoms with van der Waals surface area (Å²) in [4.78, 5) is 41.0. The quantitative estimate of drug-likeness (QED) is 0.557. The smallest absolute Gasteiger partial charge is 0.255 e. The van der Waals surface area contributed by atoms with Gasteiger partial charge in [-0.25, -0.2) is 4.90 Å². The number of fused-ring (bicyclic) bond motifs is 5. The van der Waals surface area contributed by atoms with Crippen LogP contribution in [0.5, 0.6) is 0 Å².